The second kappa shape index (κ2) is 6.42. The lowest BCUT2D eigenvalue weighted by atomic mass is 9.83. The van der Waals surface area contributed by atoms with E-state index in [1.54, 1.807) is 13.8 Å². The van der Waals surface area contributed by atoms with Crippen molar-refractivity contribution in [2.45, 2.75) is 25.8 Å². The number of rotatable bonds is 5. The van der Waals surface area contributed by atoms with Gasteiger partial charge in [0.2, 0.25) is 11.7 Å². The quantitative estimate of drug-likeness (QED) is 0.875. The third kappa shape index (κ3) is 3.71. The molecule has 0 saturated carbocycles. The van der Waals surface area contributed by atoms with E-state index in [1.807, 2.05) is 0 Å². The van der Waals surface area contributed by atoms with Gasteiger partial charge >= 0.3 is 5.97 Å². The van der Waals surface area contributed by atoms with Crippen LogP contribution in [0.15, 0.2) is 34.7 Å². The van der Waals surface area contributed by atoms with Crippen LogP contribution in [0.2, 0.25) is 5.02 Å². The standard InChI is InChI=1S/C16H15ClFNO4/c1-16(2,11-5-3-9(17)7-12(11)18)15(22)19-8-10-4-6-13(23-10)14(20)21/h3-7H,8H2,1-2H3,(H,19,22)(H,20,21). The lowest BCUT2D eigenvalue weighted by molar-refractivity contribution is -0.126. The van der Waals surface area contributed by atoms with Crippen LogP contribution in [0.25, 0.3) is 0 Å². The normalized spacial score (nSPS) is 11.3. The molecule has 0 spiro atoms. The van der Waals surface area contributed by atoms with Crippen molar-refractivity contribution in [1.82, 2.24) is 5.32 Å². The molecule has 0 aliphatic carbocycles. The molecule has 2 rings (SSSR count). The summed E-state index contributed by atoms with van der Waals surface area (Å²) < 4.78 is 19.1. The Hall–Kier alpha value is -2.34. The summed E-state index contributed by atoms with van der Waals surface area (Å²) in [6, 6.07) is 6.89. The van der Waals surface area contributed by atoms with E-state index in [1.165, 1.54) is 24.3 Å². The fraction of sp³-hybridized carbons (Fsp3) is 0.250. The van der Waals surface area contributed by atoms with Gasteiger partial charge in [0.1, 0.15) is 11.6 Å². The van der Waals surface area contributed by atoms with E-state index in [9.17, 15) is 14.0 Å². The zero-order chi connectivity index (χ0) is 17.2. The van der Waals surface area contributed by atoms with Crippen LogP contribution in [0.3, 0.4) is 0 Å². The molecule has 5 nitrogen and oxygen atoms in total. The first kappa shape index (κ1) is 17.0. The molecule has 23 heavy (non-hydrogen) atoms. The van der Waals surface area contributed by atoms with Crippen molar-refractivity contribution in [3.8, 4) is 0 Å². The van der Waals surface area contributed by atoms with Gasteiger partial charge in [0.15, 0.2) is 0 Å². The first-order valence-corrected chi connectivity index (χ1v) is 7.15. The largest absolute Gasteiger partial charge is 0.475 e. The third-order valence-corrected chi connectivity index (χ3v) is 3.70. The Balaban J connectivity index is 2.10. The summed E-state index contributed by atoms with van der Waals surface area (Å²) in [5, 5.41) is 11.6. The van der Waals surface area contributed by atoms with E-state index in [4.69, 9.17) is 21.1 Å². The van der Waals surface area contributed by atoms with Gasteiger partial charge in [0.05, 0.1) is 12.0 Å². The fourth-order valence-electron chi connectivity index (χ4n) is 2.09. The van der Waals surface area contributed by atoms with Crippen LogP contribution >= 0.6 is 11.6 Å². The minimum absolute atomic E-state index is 0.00471. The maximum Gasteiger partial charge on any atom is 0.371 e. The number of hydrogen-bond donors (Lipinski definition) is 2. The number of furan rings is 1. The van der Waals surface area contributed by atoms with E-state index in [0.29, 0.717) is 5.76 Å². The molecule has 1 heterocycles. The van der Waals surface area contributed by atoms with Crippen LogP contribution < -0.4 is 5.32 Å². The number of carboxylic acids is 1. The summed E-state index contributed by atoms with van der Waals surface area (Å²) in [4.78, 5) is 23.1. The Morgan fingerprint density at radius 2 is 2.00 bits per heavy atom. The molecule has 0 bridgehead atoms. The van der Waals surface area contributed by atoms with Gasteiger partial charge in [0.25, 0.3) is 0 Å². The number of benzene rings is 1. The Morgan fingerprint density at radius 3 is 2.57 bits per heavy atom. The Bertz CT molecular complexity index is 754. The van der Waals surface area contributed by atoms with Gasteiger partial charge in [-0.25, -0.2) is 9.18 Å². The number of halogens is 2. The molecule has 2 aromatic rings. The second-order valence-electron chi connectivity index (χ2n) is 5.50. The maximum atomic E-state index is 14.0. The van der Waals surface area contributed by atoms with Crippen LogP contribution in [0.5, 0.6) is 0 Å². The molecule has 0 aliphatic heterocycles. The molecule has 0 fully saturated rings. The number of carboxylic acid groups (broad SMARTS) is 1. The summed E-state index contributed by atoms with van der Waals surface area (Å²) in [5.74, 6) is -2.10. The molecule has 0 saturated heterocycles. The van der Waals surface area contributed by atoms with Crippen molar-refractivity contribution in [2.75, 3.05) is 0 Å². The minimum Gasteiger partial charge on any atom is -0.475 e. The maximum absolute atomic E-state index is 14.0. The first-order valence-electron chi connectivity index (χ1n) is 6.77. The van der Waals surface area contributed by atoms with Gasteiger partial charge in [0, 0.05) is 10.6 Å². The SMILES string of the molecule is CC(C)(C(=O)NCc1ccc(C(=O)O)o1)c1ccc(Cl)cc1F. The van der Waals surface area contributed by atoms with Gasteiger partial charge < -0.3 is 14.8 Å². The lowest BCUT2D eigenvalue weighted by Crippen LogP contribution is -2.40. The van der Waals surface area contributed by atoms with E-state index in [2.05, 4.69) is 5.32 Å². The van der Waals surface area contributed by atoms with Gasteiger partial charge in [-0.05, 0) is 38.1 Å². The molecular formula is C16H15ClFNO4. The van der Waals surface area contributed by atoms with Crippen LogP contribution in [0.1, 0.15) is 35.7 Å². The Labute approximate surface area is 137 Å². The number of carbonyl (C=O) groups excluding carboxylic acids is 1. The molecule has 7 heteroatoms. The predicted octanol–water partition coefficient (Wildman–Crippen LogP) is 3.36. The predicted molar refractivity (Wildman–Crippen MR) is 82.0 cm³/mol. The number of aromatic carboxylic acids is 1. The number of hydrogen-bond acceptors (Lipinski definition) is 3. The molecule has 122 valence electrons. The zero-order valence-corrected chi connectivity index (χ0v) is 13.3. The van der Waals surface area contributed by atoms with E-state index < -0.39 is 23.1 Å². The third-order valence-electron chi connectivity index (χ3n) is 3.47. The van der Waals surface area contributed by atoms with Crippen LogP contribution in [-0.4, -0.2) is 17.0 Å². The van der Waals surface area contributed by atoms with E-state index in [-0.39, 0.29) is 22.9 Å². The highest BCUT2D eigenvalue weighted by Crippen LogP contribution is 2.28. The lowest BCUT2D eigenvalue weighted by Gasteiger charge is -2.24. The number of amides is 1. The van der Waals surface area contributed by atoms with Crippen LogP contribution in [0, 0.1) is 5.82 Å². The summed E-state index contributed by atoms with van der Waals surface area (Å²) in [6.07, 6.45) is 0. The van der Waals surface area contributed by atoms with Crippen LogP contribution in [0.4, 0.5) is 4.39 Å². The minimum atomic E-state index is -1.19. The molecule has 1 aromatic carbocycles. The van der Waals surface area contributed by atoms with Crippen molar-refractivity contribution < 1.29 is 23.5 Å². The Morgan fingerprint density at radius 1 is 1.30 bits per heavy atom. The zero-order valence-electron chi connectivity index (χ0n) is 12.5. The van der Waals surface area contributed by atoms with Crippen molar-refractivity contribution in [3.05, 3.63) is 58.3 Å². The van der Waals surface area contributed by atoms with E-state index >= 15 is 0 Å². The second-order valence-corrected chi connectivity index (χ2v) is 5.94. The molecular weight excluding hydrogens is 325 g/mol. The highest BCUT2D eigenvalue weighted by Gasteiger charge is 2.32. The smallest absolute Gasteiger partial charge is 0.371 e. The number of nitrogens with one attached hydrogen (secondary N) is 1. The monoisotopic (exact) mass is 339 g/mol. The van der Waals surface area contributed by atoms with Crippen LogP contribution in [-0.2, 0) is 16.8 Å². The Kier molecular flexibility index (Phi) is 4.75. The van der Waals surface area contributed by atoms with Gasteiger partial charge in [-0.15, -0.1) is 0 Å². The van der Waals surface area contributed by atoms with E-state index in [0.717, 1.165) is 6.07 Å². The molecule has 0 aliphatic rings. The van der Waals surface area contributed by atoms with Gasteiger partial charge in [-0.3, -0.25) is 4.79 Å². The molecule has 0 unspecified atom stereocenters. The number of carbonyl (C=O) groups is 2. The first-order chi connectivity index (χ1) is 10.7. The summed E-state index contributed by atoms with van der Waals surface area (Å²) in [5.41, 5.74) is -0.915. The van der Waals surface area contributed by atoms with Crippen molar-refractivity contribution in [3.63, 3.8) is 0 Å². The van der Waals surface area contributed by atoms with Crippen molar-refractivity contribution in [1.29, 1.82) is 0 Å². The highest BCUT2D eigenvalue weighted by molar-refractivity contribution is 6.30. The summed E-state index contributed by atoms with van der Waals surface area (Å²) in [6.45, 7) is 3.17. The molecule has 0 atom stereocenters. The average Bonchev–Trinajstić information content (AvgIpc) is 2.93. The summed E-state index contributed by atoms with van der Waals surface area (Å²) >= 11 is 5.71. The average molecular weight is 340 g/mol. The fourth-order valence-corrected chi connectivity index (χ4v) is 2.25. The van der Waals surface area contributed by atoms with Gasteiger partial charge in [-0.2, -0.15) is 0 Å². The topological polar surface area (TPSA) is 79.5 Å². The van der Waals surface area contributed by atoms with Crippen molar-refractivity contribution >= 4 is 23.5 Å². The van der Waals surface area contributed by atoms with Gasteiger partial charge in [-0.1, -0.05) is 17.7 Å². The molecule has 0 radical (unpaired) electrons. The van der Waals surface area contributed by atoms with Crippen molar-refractivity contribution in [2.24, 2.45) is 0 Å². The molecule has 2 N–H and O–H groups in total. The molecule has 1 amide bonds. The molecule has 1 aromatic heterocycles. The highest BCUT2D eigenvalue weighted by atomic mass is 35.5. The summed E-state index contributed by atoms with van der Waals surface area (Å²) in [7, 11) is 0.